The van der Waals surface area contributed by atoms with Crippen LogP contribution in [0.25, 0.3) is 0 Å². The maximum Gasteiger partial charge on any atom is 0.228 e. The average molecular weight is 403 g/mol. The van der Waals surface area contributed by atoms with Crippen molar-refractivity contribution in [1.82, 2.24) is 10.6 Å². The van der Waals surface area contributed by atoms with Crippen molar-refractivity contribution in [2.75, 3.05) is 33.4 Å². The van der Waals surface area contributed by atoms with Gasteiger partial charge in [0.15, 0.2) is 0 Å². The van der Waals surface area contributed by atoms with Crippen molar-refractivity contribution in [3.8, 4) is 0 Å². The number of benzene rings is 2. The summed E-state index contributed by atoms with van der Waals surface area (Å²) >= 11 is 0. The maximum absolute atomic E-state index is 12.9. The molecular formula is C23H31ClN2O2. The summed E-state index contributed by atoms with van der Waals surface area (Å²) in [5, 5.41) is 6.54. The summed E-state index contributed by atoms with van der Waals surface area (Å²) in [6, 6.07) is 21.0. The number of carbonyl (C=O) groups is 1. The minimum Gasteiger partial charge on any atom is -0.384 e. The molecule has 0 radical (unpaired) electrons. The van der Waals surface area contributed by atoms with Crippen LogP contribution in [0.4, 0.5) is 0 Å². The van der Waals surface area contributed by atoms with Crippen LogP contribution in [0.5, 0.6) is 0 Å². The first kappa shape index (κ1) is 22.4. The van der Waals surface area contributed by atoms with Gasteiger partial charge in [-0.3, -0.25) is 4.79 Å². The molecule has 1 heterocycles. The number of piperidine rings is 1. The van der Waals surface area contributed by atoms with Gasteiger partial charge in [0.25, 0.3) is 0 Å². The monoisotopic (exact) mass is 402 g/mol. The highest BCUT2D eigenvalue weighted by molar-refractivity contribution is 5.85. The van der Waals surface area contributed by atoms with E-state index in [1.807, 2.05) is 12.1 Å². The van der Waals surface area contributed by atoms with Crippen LogP contribution in [-0.2, 0) is 9.53 Å². The fourth-order valence-corrected chi connectivity index (χ4v) is 4.03. The largest absolute Gasteiger partial charge is 0.384 e. The lowest BCUT2D eigenvalue weighted by Gasteiger charge is -2.35. The van der Waals surface area contributed by atoms with Crippen molar-refractivity contribution in [2.45, 2.75) is 25.2 Å². The first-order chi connectivity index (χ1) is 13.2. The van der Waals surface area contributed by atoms with E-state index in [0.717, 1.165) is 32.4 Å². The molecule has 0 aliphatic carbocycles. The second-order valence-electron chi connectivity index (χ2n) is 7.38. The highest BCUT2D eigenvalue weighted by Gasteiger charge is 2.39. The fraction of sp³-hybridized carbons (Fsp3) is 0.435. The molecule has 0 bridgehead atoms. The summed E-state index contributed by atoms with van der Waals surface area (Å²) in [5.74, 6) is 0.407. The molecule has 1 aliphatic rings. The van der Waals surface area contributed by atoms with Crippen LogP contribution in [-0.4, -0.2) is 39.3 Å². The Morgan fingerprint density at radius 1 is 1.04 bits per heavy atom. The quantitative estimate of drug-likeness (QED) is 0.706. The van der Waals surface area contributed by atoms with E-state index >= 15 is 0 Å². The molecule has 1 aliphatic heterocycles. The summed E-state index contributed by atoms with van der Waals surface area (Å²) in [5.41, 5.74) is 2.17. The van der Waals surface area contributed by atoms with Crippen molar-refractivity contribution in [1.29, 1.82) is 0 Å². The van der Waals surface area contributed by atoms with E-state index < -0.39 is 5.41 Å². The van der Waals surface area contributed by atoms with Gasteiger partial charge >= 0.3 is 0 Å². The second kappa shape index (κ2) is 11.2. The molecule has 28 heavy (non-hydrogen) atoms. The van der Waals surface area contributed by atoms with Gasteiger partial charge in [-0.25, -0.2) is 0 Å². The molecule has 0 unspecified atom stereocenters. The van der Waals surface area contributed by atoms with Gasteiger partial charge in [0.05, 0.1) is 12.0 Å². The Hall–Kier alpha value is -1.88. The maximum atomic E-state index is 12.9. The van der Waals surface area contributed by atoms with Crippen molar-refractivity contribution in [2.24, 2.45) is 5.41 Å². The van der Waals surface area contributed by atoms with Gasteiger partial charge in [0.1, 0.15) is 0 Å². The number of halogens is 1. The lowest BCUT2D eigenvalue weighted by Crippen LogP contribution is -2.50. The van der Waals surface area contributed by atoms with Crippen molar-refractivity contribution in [3.63, 3.8) is 0 Å². The molecule has 1 saturated heterocycles. The third-order valence-corrected chi connectivity index (χ3v) is 5.59. The summed E-state index contributed by atoms with van der Waals surface area (Å²) in [6.45, 7) is 2.88. The first-order valence-corrected chi connectivity index (χ1v) is 9.83. The lowest BCUT2D eigenvalue weighted by atomic mass is 9.78. The SMILES string of the molecule is COCC1(C(=O)NCCC(c2ccccc2)c2ccccc2)CCNCC1.Cl. The zero-order valence-corrected chi connectivity index (χ0v) is 17.3. The highest BCUT2D eigenvalue weighted by Crippen LogP contribution is 2.30. The van der Waals surface area contributed by atoms with Crippen molar-refractivity contribution < 1.29 is 9.53 Å². The fourth-order valence-electron chi connectivity index (χ4n) is 4.03. The molecule has 1 fully saturated rings. The van der Waals surface area contributed by atoms with Gasteiger partial charge < -0.3 is 15.4 Å². The Kier molecular flexibility index (Phi) is 8.97. The van der Waals surface area contributed by atoms with Gasteiger partial charge in [-0.1, -0.05) is 60.7 Å². The zero-order valence-electron chi connectivity index (χ0n) is 16.5. The van der Waals surface area contributed by atoms with Crippen LogP contribution in [0.2, 0.25) is 0 Å². The van der Waals surface area contributed by atoms with Crippen LogP contribution in [0.15, 0.2) is 60.7 Å². The van der Waals surface area contributed by atoms with Gasteiger partial charge in [-0.15, -0.1) is 12.4 Å². The number of carbonyl (C=O) groups excluding carboxylic acids is 1. The van der Waals surface area contributed by atoms with E-state index in [4.69, 9.17) is 4.74 Å². The summed E-state index contributed by atoms with van der Waals surface area (Å²) in [7, 11) is 1.68. The molecule has 3 rings (SSSR count). The smallest absolute Gasteiger partial charge is 0.228 e. The average Bonchev–Trinajstić information content (AvgIpc) is 2.73. The van der Waals surface area contributed by atoms with Gasteiger partial charge in [-0.2, -0.15) is 0 Å². The molecular weight excluding hydrogens is 372 g/mol. The number of ether oxygens (including phenoxy) is 1. The molecule has 1 amide bonds. The van der Waals surface area contributed by atoms with Crippen LogP contribution in [0, 0.1) is 5.41 Å². The topological polar surface area (TPSA) is 50.4 Å². The minimum atomic E-state index is -0.394. The predicted octanol–water partition coefficient (Wildman–Crippen LogP) is 3.76. The van der Waals surface area contributed by atoms with Gasteiger partial charge in [-0.05, 0) is 43.5 Å². The Morgan fingerprint density at radius 3 is 2.07 bits per heavy atom. The van der Waals surface area contributed by atoms with Crippen LogP contribution < -0.4 is 10.6 Å². The highest BCUT2D eigenvalue weighted by atomic mass is 35.5. The predicted molar refractivity (Wildman–Crippen MR) is 116 cm³/mol. The Bertz CT molecular complexity index is 658. The normalized spacial score (nSPS) is 15.6. The molecule has 0 aromatic heterocycles. The van der Waals surface area contributed by atoms with E-state index in [2.05, 4.69) is 59.2 Å². The van der Waals surface area contributed by atoms with E-state index in [9.17, 15) is 4.79 Å². The molecule has 2 aromatic rings. The number of hydrogen-bond donors (Lipinski definition) is 2. The molecule has 0 atom stereocenters. The zero-order chi connectivity index (χ0) is 19.0. The number of amides is 1. The van der Waals surface area contributed by atoms with Crippen LogP contribution in [0.1, 0.15) is 36.3 Å². The van der Waals surface area contributed by atoms with E-state index in [-0.39, 0.29) is 24.2 Å². The van der Waals surface area contributed by atoms with E-state index in [1.165, 1.54) is 11.1 Å². The summed E-state index contributed by atoms with van der Waals surface area (Å²) in [4.78, 5) is 12.9. The summed E-state index contributed by atoms with van der Waals surface area (Å²) in [6.07, 6.45) is 2.53. The number of nitrogens with one attached hydrogen (secondary N) is 2. The molecule has 0 spiro atoms. The number of methoxy groups -OCH3 is 1. The Labute approximate surface area is 174 Å². The molecule has 2 N–H and O–H groups in total. The van der Waals surface area contributed by atoms with Crippen LogP contribution >= 0.6 is 12.4 Å². The molecule has 4 nitrogen and oxygen atoms in total. The molecule has 5 heteroatoms. The standard InChI is InChI=1S/C23H30N2O2.ClH/c1-27-18-23(13-16-24-17-14-23)22(26)25-15-12-21(19-8-4-2-5-9-19)20-10-6-3-7-11-20;/h2-11,21,24H,12-18H2,1H3,(H,25,26);1H. The Balaban J connectivity index is 0.00000280. The minimum absolute atomic E-state index is 0. The van der Waals surface area contributed by atoms with Crippen molar-refractivity contribution >= 4 is 18.3 Å². The molecule has 0 saturated carbocycles. The van der Waals surface area contributed by atoms with E-state index in [1.54, 1.807) is 7.11 Å². The number of rotatable bonds is 8. The first-order valence-electron chi connectivity index (χ1n) is 9.83. The van der Waals surface area contributed by atoms with Gasteiger partial charge in [0.2, 0.25) is 5.91 Å². The summed E-state index contributed by atoms with van der Waals surface area (Å²) < 4.78 is 5.38. The third kappa shape index (κ3) is 5.57. The lowest BCUT2D eigenvalue weighted by molar-refractivity contribution is -0.136. The van der Waals surface area contributed by atoms with E-state index in [0.29, 0.717) is 13.2 Å². The second-order valence-corrected chi connectivity index (χ2v) is 7.38. The number of hydrogen-bond acceptors (Lipinski definition) is 3. The molecule has 2 aromatic carbocycles. The van der Waals surface area contributed by atoms with Crippen LogP contribution in [0.3, 0.4) is 0 Å². The Morgan fingerprint density at radius 2 is 1.57 bits per heavy atom. The van der Waals surface area contributed by atoms with Crippen molar-refractivity contribution in [3.05, 3.63) is 71.8 Å². The van der Waals surface area contributed by atoms with Gasteiger partial charge in [0, 0.05) is 19.6 Å². The molecule has 152 valence electrons. The third-order valence-electron chi connectivity index (χ3n) is 5.59.